The van der Waals surface area contributed by atoms with Crippen LogP contribution in [0.1, 0.15) is 26.3 Å². The quantitative estimate of drug-likeness (QED) is 0.662. The molecule has 6 heteroatoms. The molecule has 2 aromatic carbocycles. The van der Waals surface area contributed by atoms with E-state index in [-0.39, 0.29) is 18.1 Å². The summed E-state index contributed by atoms with van der Waals surface area (Å²) in [7, 11) is 0. The molecule has 0 saturated carbocycles. The number of carbonyl (C=O) groups excluding carboxylic acids is 1. The van der Waals surface area contributed by atoms with Gasteiger partial charge in [0.05, 0.1) is 0 Å². The molecule has 0 spiro atoms. The van der Waals surface area contributed by atoms with Crippen LogP contribution in [0.15, 0.2) is 65.4 Å². The average molecular weight is 365 g/mol. The van der Waals surface area contributed by atoms with Crippen LogP contribution in [-0.4, -0.2) is 33.2 Å². The molecule has 0 aliphatic carbocycles. The highest BCUT2D eigenvalue weighted by Crippen LogP contribution is 2.21. The van der Waals surface area contributed by atoms with Gasteiger partial charge in [-0.05, 0) is 50.6 Å². The summed E-state index contributed by atoms with van der Waals surface area (Å²) in [5.41, 5.74) is 1.58. The standard InChI is InChI=1S/C21H23N3O3/c1-21(2,3)24(13-16-7-5-4-6-8-16)19(25)14-26-18-11-9-17(10-12-18)20-23-22-15-27-20/h4-12,15H,13-14H2,1-3H3. The molecule has 0 aliphatic heterocycles. The minimum atomic E-state index is -0.307. The first-order valence-electron chi connectivity index (χ1n) is 8.77. The number of rotatable bonds is 6. The highest BCUT2D eigenvalue weighted by Gasteiger charge is 2.26. The van der Waals surface area contributed by atoms with E-state index in [1.54, 1.807) is 12.1 Å². The normalized spacial score (nSPS) is 11.2. The fraction of sp³-hybridized carbons (Fsp3) is 0.286. The summed E-state index contributed by atoms with van der Waals surface area (Å²) in [6.07, 6.45) is 1.28. The second-order valence-electron chi connectivity index (χ2n) is 7.19. The smallest absolute Gasteiger partial charge is 0.261 e. The summed E-state index contributed by atoms with van der Waals surface area (Å²) in [5.74, 6) is 0.993. The average Bonchev–Trinajstić information content (AvgIpc) is 3.19. The van der Waals surface area contributed by atoms with E-state index in [1.807, 2.05) is 68.1 Å². The Morgan fingerprint density at radius 2 is 1.78 bits per heavy atom. The summed E-state index contributed by atoms with van der Waals surface area (Å²) in [4.78, 5) is 14.6. The van der Waals surface area contributed by atoms with Gasteiger partial charge < -0.3 is 14.1 Å². The van der Waals surface area contributed by atoms with E-state index in [4.69, 9.17) is 9.15 Å². The molecule has 3 rings (SSSR count). The Hall–Kier alpha value is -3.15. The lowest BCUT2D eigenvalue weighted by atomic mass is 10.0. The van der Waals surface area contributed by atoms with Crippen molar-refractivity contribution in [1.29, 1.82) is 0 Å². The van der Waals surface area contributed by atoms with E-state index in [0.29, 0.717) is 18.2 Å². The molecule has 27 heavy (non-hydrogen) atoms. The topological polar surface area (TPSA) is 68.5 Å². The monoisotopic (exact) mass is 365 g/mol. The van der Waals surface area contributed by atoms with Crippen molar-refractivity contribution in [2.45, 2.75) is 32.9 Å². The van der Waals surface area contributed by atoms with E-state index in [9.17, 15) is 4.79 Å². The van der Waals surface area contributed by atoms with Crippen LogP contribution in [0.3, 0.4) is 0 Å². The molecule has 1 heterocycles. The number of amides is 1. The van der Waals surface area contributed by atoms with E-state index < -0.39 is 0 Å². The fourth-order valence-electron chi connectivity index (χ4n) is 2.68. The fourth-order valence-corrected chi connectivity index (χ4v) is 2.68. The number of aromatic nitrogens is 2. The Balaban J connectivity index is 1.63. The molecule has 1 aromatic heterocycles. The highest BCUT2D eigenvalue weighted by atomic mass is 16.5. The van der Waals surface area contributed by atoms with E-state index in [2.05, 4.69) is 10.2 Å². The lowest BCUT2D eigenvalue weighted by Crippen LogP contribution is -2.47. The van der Waals surface area contributed by atoms with E-state index in [1.165, 1.54) is 6.39 Å². The molecule has 0 aliphatic rings. The van der Waals surface area contributed by atoms with Crippen molar-refractivity contribution in [2.24, 2.45) is 0 Å². The zero-order valence-corrected chi connectivity index (χ0v) is 15.8. The third kappa shape index (κ3) is 4.94. The van der Waals surface area contributed by atoms with Crippen molar-refractivity contribution >= 4 is 5.91 Å². The number of hydrogen-bond acceptors (Lipinski definition) is 5. The van der Waals surface area contributed by atoms with Gasteiger partial charge in [0.25, 0.3) is 5.91 Å². The van der Waals surface area contributed by atoms with Gasteiger partial charge in [-0.2, -0.15) is 0 Å². The molecular formula is C21H23N3O3. The van der Waals surface area contributed by atoms with Gasteiger partial charge in [0, 0.05) is 17.6 Å². The largest absolute Gasteiger partial charge is 0.484 e. The predicted octanol–water partition coefficient (Wildman–Crippen LogP) is 3.94. The van der Waals surface area contributed by atoms with Crippen LogP contribution in [0, 0.1) is 0 Å². The van der Waals surface area contributed by atoms with Crippen LogP contribution >= 0.6 is 0 Å². The summed E-state index contributed by atoms with van der Waals surface area (Å²) in [6, 6.07) is 17.2. The molecule has 0 fully saturated rings. The molecule has 0 N–H and O–H groups in total. The van der Waals surface area contributed by atoms with Crippen molar-refractivity contribution in [3.8, 4) is 17.2 Å². The Labute approximate surface area is 158 Å². The van der Waals surface area contributed by atoms with Gasteiger partial charge in [0.2, 0.25) is 12.3 Å². The Morgan fingerprint density at radius 1 is 1.07 bits per heavy atom. The number of nitrogens with zero attached hydrogens (tertiary/aromatic N) is 3. The zero-order valence-electron chi connectivity index (χ0n) is 15.8. The minimum Gasteiger partial charge on any atom is -0.484 e. The van der Waals surface area contributed by atoms with Crippen LogP contribution < -0.4 is 4.74 Å². The maximum Gasteiger partial charge on any atom is 0.261 e. The van der Waals surface area contributed by atoms with Crippen LogP contribution in [0.4, 0.5) is 0 Å². The van der Waals surface area contributed by atoms with Gasteiger partial charge in [-0.15, -0.1) is 10.2 Å². The highest BCUT2D eigenvalue weighted by molar-refractivity contribution is 5.78. The van der Waals surface area contributed by atoms with Crippen LogP contribution in [0.25, 0.3) is 11.5 Å². The van der Waals surface area contributed by atoms with E-state index >= 15 is 0 Å². The van der Waals surface area contributed by atoms with Crippen LogP contribution in [0.5, 0.6) is 5.75 Å². The maximum atomic E-state index is 12.8. The first-order chi connectivity index (χ1) is 12.9. The number of benzene rings is 2. The van der Waals surface area contributed by atoms with Gasteiger partial charge in [0.1, 0.15) is 5.75 Å². The van der Waals surface area contributed by atoms with E-state index in [0.717, 1.165) is 11.1 Å². The Bertz CT molecular complexity index is 854. The molecule has 140 valence electrons. The molecule has 0 bridgehead atoms. The molecule has 6 nitrogen and oxygen atoms in total. The summed E-state index contributed by atoms with van der Waals surface area (Å²) in [6.45, 7) is 6.58. The SMILES string of the molecule is CC(C)(C)N(Cc1ccccc1)C(=O)COc1ccc(-c2nnco2)cc1. The third-order valence-electron chi connectivity index (χ3n) is 4.12. The Kier molecular flexibility index (Phi) is 5.54. The molecule has 1 amide bonds. The molecular weight excluding hydrogens is 342 g/mol. The third-order valence-corrected chi connectivity index (χ3v) is 4.12. The molecule has 3 aromatic rings. The number of hydrogen-bond donors (Lipinski definition) is 0. The number of carbonyl (C=O) groups is 1. The lowest BCUT2D eigenvalue weighted by Gasteiger charge is -2.35. The second kappa shape index (κ2) is 8.03. The number of ether oxygens (including phenoxy) is 1. The molecule has 0 atom stereocenters. The van der Waals surface area contributed by atoms with Gasteiger partial charge in [-0.3, -0.25) is 4.79 Å². The van der Waals surface area contributed by atoms with Crippen LogP contribution in [0.2, 0.25) is 0 Å². The van der Waals surface area contributed by atoms with Gasteiger partial charge in [-0.1, -0.05) is 30.3 Å². The summed E-state index contributed by atoms with van der Waals surface area (Å²) in [5, 5.41) is 7.52. The van der Waals surface area contributed by atoms with Crippen molar-refractivity contribution in [1.82, 2.24) is 15.1 Å². The van der Waals surface area contributed by atoms with Crippen molar-refractivity contribution in [3.63, 3.8) is 0 Å². The van der Waals surface area contributed by atoms with Crippen LogP contribution in [-0.2, 0) is 11.3 Å². The maximum absolute atomic E-state index is 12.8. The molecule has 0 radical (unpaired) electrons. The van der Waals surface area contributed by atoms with Crippen molar-refractivity contribution < 1.29 is 13.9 Å². The molecule has 0 saturated heterocycles. The van der Waals surface area contributed by atoms with Gasteiger partial charge in [0.15, 0.2) is 6.61 Å². The van der Waals surface area contributed by atoms with Crippen molar-refractivity contribution in [2.75, 3.05) is 6.61 Å². The van der Waals surface area contributed by atoms with Crippen molar-refractivity contribution in [3.05, 3.63) is 66.6 Å². The van der Waals surface area contributed by atoms with Gasteiger partial charge >= 0.3 is 0 Å². The summed E-state index contributed by atoms with van der Waals surface area (Å²) >= 11 is 0. The van der Waals surface area contributed by atoms with Gasteiger partial charge in [-0.25, -0.2) is 0 Å². The molecule has 0 unspecified atom stereocenters. The lowest BCUT2D eigenvalue weighted by molar-refractivity contribution is -0.139. The first kappa shape index (κ1) is 18.6. The minimum absolute atomic E-state index is 0.0238. The zero-order chi connectivity index (χ0) is 19.3. The summed E-state index contributed by atoms with van der Waals surface area (Å²) < 4.78 is 10.9. The Morgan fingerprint density at radius 3 is 2.37 bits per heavy atom. The predicted molar refractivity (Wildman–Crippen MR) is 102 cm³/mol. The second-order valence-corrected chi connectivity index (χ2v) is 7.19. The first-order valence-corrected chi connectivity index (χ1v) is 8.77.